The van der Waals surface area contributed by atoms with Gasteiger partial charge in [0.05, 0.1) is 13.2 Å². The quantitative estimate of drug-likeness (QED) is 0.00889. The van der Waals surface area contributed by atoms with Crippen LogP contribution in [0.4, 0.5) is 0 Å². The van der Waals surface area contributed by atoms with E-state index in [2.05, 4.69) is 64.2 Å². The van der Waals surface area contributed by atoms with Gasteiger partial charge in [-0.2, -0.15) is 0 Å². The van der Waals surface area contributed by atoms with Crippen LogP contribution in [0.5, 0.6) is 0 Å². The molecule has 10 N–H and O–H groups in total. The van der Waals surface area contributed by atoms with Crippen LogP contribution in [-0.4, -0.2) is 205 Å². The van der Waals surface area contributed by atoms with Crippen LogP contribution >= 0.6 is 7.82 Å². The molecule has 3 fully saturated rings. The minimum Gasteiger partial charge on any atom is -0.463 e. The zero-order valence-corrected chi connectivity index (χ0v) is 74.4. The molecule has 0 bridgehead atoms. The molecule has 0 aromatic rings. The first-order chi connectivity index (χ1) is 57.2. The van der Waals surface area contributed by atoms with Gasteiger partial charge >= 0.3 is 31.7 Å². The molecule has 18 atom stereocenters. The molecule has 118 heavy (non-hydrogen) atoms. The number of esters is 4. The molecule has 0 aromatic heterocycles. The number of phosphoric ester groups is 1. The maximum atomic E-state index is 14.9. The molecule has 2 saturated heterocycles. The third-order valence-electron chi connectivity index (χ3n) is 22.8. The van der Waals surface area contributed by atoms with E-state index in [1.807, 2.05) is 0 Å². The van der Waals surface area contributed by atoms with Crippen molar-refractivity contribution < 1.29 is 122 Å². The second-order valence-corrected chi connectivity index (χ2v) is 34.9. The first kappa shape index (κ1) is 109. The number of unbranched alkanes of at least 4 members (excludes halogenated alkanes) is 46. The molecule has 0 amide bonds. The normalized spacial score (nSPS) is 25.1. The number of hydrogen-bond donors (Lipinski definition) is 10. The highest BCUT2D eigenvalue weighted by atomic mass is 31.2. The van der Waals surface area contributed by atoms with Crippen LogP contribution in [0, 0.1) is 0 Å². The van der Waals surface area contributed by atoms with Gasteiger partial charge in [-0.05, 0) is 103 Å². The summed E-state index contributed by atoms with van der Waals surface area (Å²) in [6.45, 7) is 5.55. The highest BCUT2D eigenvalue weighted by Crippen LogP contribution is 2.49. The van der Waals surface area contributed by atoms with Crippen molar-refractivity contribution in [2.75, 3.05) is 26.4 Å². The van der Waals surface area contributed by atoms with E-state index in [0.29, 0.717) is 44.9 Å². The highest BCUT2D eigenvalue weighted by molar-refractivity contribution is 7.47. The van der Waals surface area contributed by atoms with Gasteiger partial charge in [0.1, 0.15) is 92.6 Å². The Hall–Kier alpha value is -3.31. The Labute approximate surface area is 710 Å². The van der Waals surface area contributed by atoms with Crippen LogP contribution in [0.25, 0.3) is 0 Å². The third-order valence-corrected chi connectivity index (χ3v) is 23.8. The summed E-state index contributed by atoms with van der Waals surface area (Å²) in [6, 6.07) is 0. The molecule has 26 heteroatoms. The Morgan fingerprint density at radius 2 is 0.636 bits per heavy atom. The molecular formula is C92H167O25P. The number of carbonyl (C=O) groups is 4. The van der Waals surface area contributed by atoms with Gasteiger partial charge in [0.15, 0.2) is 24.8 Å². The number of hydrogen-bond acceptors (Lipinski definition) is 24. The van der Waals surface area contributed by atoms with Crippen molar-refractivity contribution >= 4 is 31.7 Å². The number of ether oxygens (including phenoxy) is 8. The predicted molar refractivity (Wildman–Crippen MR) is 458 cm³/mol. The number of aliphatic hydroxyl groups is 9. The van der Waals surface area contributed by atoms with Crippen LogP contribution in [0.3, 0.4) is 0 Å². The van der Waals surface area contributed by atoms with E-state index in [1.165, 1.54) is 148 Å². The molecule has 2 aliphatic heterocycles. The molecule has 1 saturated carbocycles. The van der Waals surface area contributed by atoms with Crippen molar-refractivity contribution in [1.29, 1.82) is 0 Å². The average molecular weight is 1700 g/mol. The Morgan fingerprint density at radius 3 is 1.03 bits per heavy atom. The maximum Gasteiger partial charge on any atom is 0.472 e. The van der Waals surface area contributed by atoms with Gasteiger partial charge in [0.25, 0.3) is 0 Å². The fourth-order valence-electron chi connectivity index (χ4n) is 15.3. The number of allylic oxidation sites excluding steroid dienone is 6. The van der Waals surface area contributed by atoms with Crippen LogP contribution < -0.4 is 0 Å². The lowest BCUT2D eigenvalue weighted by molar-refractivity contribution is -0.360. The summed E-state index contributed by atoms with van der Waals surface area (Å²) in [7, 11) is -5.81. The van der Waals surface area contributed by atoms with E-state index < -0.39 is 162 Å². The van der Waals surface area contributed by atoms with E-state index >= 15 is 0 Å². The first-order valence-corrected chi connectivity index (χ1v) is 48.7. The van der Waals surface area contributed by atoms with Crippen LogP contribution in [0.1, 0.15) is 394 Å². The van der Waals surface area contributed by atoms with Gasteiger partial charge < -0.3 is 88.7 Å². The molecule has 0 radical (unpaired) electrons. The van der Waals surface area contributed by atoms with Crippen molar-refractivity contribution in [1.82, 2.24) is 0 Å². The lowest BCUT2D eigenvalue weighted by Crippen LogP contribution is -2.70. The van der Waals surface area contributed by atoms with Crippen molar-refractivity contribution in [3.05, 3.63) is 36.5 Å². The molecule has 18 unspecified atom stereocenters. The summed E-state index contributed by atoms with van der Waals surface area (Å²) in [5.41, 5.74) is 0. The van der Waals surface area contributed by atoms with Gasteiger partial charge in [0.2, 0.25) is 0 Å². The minimum absolute atomic E-state index is 0.00749. The van der Waals surface area contributed by atoms with E-state index in [4.69, 9.17) is 46.9 Å². The van der Waals surface area contributed by atoms with Crippen molar-refractivity contribution in [3.63, 3.8) is 0 Å². The Morgan fingerprint density at radius 1 is 0.331 bits per heavy atom. The molecular weight excluding hydrogens is 1540 g/mol. The van der Waals surface area contributed by atoms with Crippen molar-refractivity contribution in [3.8, 4) is 0 Å². The van der Waals surface area contributed by atoms with Crippen LogP contribution in [-0.2, 0) is 70.7 Å². The Kier molecular flexibility index (Phi) is 65.4. The second-order valence-electron chi connectivity index (χ2n) is 33.5. The lowest BCUT2D eigenvalue weighted by Gasteiger charge is -2.50. The second kappa shape index (κ2) is 70.9. The van der Waals surface area contributed by atoms with Gasteiger partial charge in [0, 0.05) is 25.7 Å². The monoisotopic (exact) mass is 1700 g/mol. The van der Waals surface area contributed by atoms with Gasteiger partial charge in [-0.15, -0.1) is 0 Å². The molecule has 0 aromatic carbocycles. The average Bonchev–Trinajstić information content (AvgIpc) is 0.756. The van der Waals surface area contributed by atoms with Crippen molar-refractivity contribution in [2.45, 2.75) is 498 Å². The molecule has 2 heterocycles. The largest absolute Gasteiger partial charge is 0.472 e. The lowest BCUT2D eigenvalue weighted by atomic mass is 9.84. The SMILES string of the molecule is CCCCCC/C=C\CCCCCCCCCC(=O)OC(COC(=O)CCCCCCCCCCCCCCCCCC)COP(=O)(O)OC1C(OC2OC(CO)C(O)C(O)C2O)C(O)C(O)C(OC(=O)CCCCCCCCC/C=C\CCCCCC)C1OC1OC(COC(=O)CCCCC/C=C\CCCCCCCC)C(O)C(O)C1O. The number of carbonyl (C=O) groups excluding carboxylic acids is 4. The first-order valence-electron chi connectivity index (χ1n) is 47.2. The molecule has 690 valence electrons. The zero-order chi connectivity index (χ0) is 86.1. The summed E-state index contributed by atoms with van der Waals surface area (Å²) in [5, 5.41) is 102. The number of phosphoric acid groups is 1. The summed E-state index contributed by atoms with van der Waals surface area (Å²) < 4.78 is 73.4. The molecule has 1 aliphatic carbocycles. The minimum atomic E-state index is -5.81. The summed E-state index contributed by atoms with van der Waals surface area (Å²) in [6.07, 6.45) is 32.7. The summed E-state index contributed by atoms with van der Waals surface area (Å²) >= 11 is 0. The highest BCUT2D eigenvalue weighted by Gasteiger charge is 2.60. The van der Waals surface area contributed by atoms with Crippen LogP contribution in [0.2, 0.25) is 0 Å². The smallest absolute Gasteiger partial charge is 0.463 e. The summed E-state index contributed by atoms with van der Waals surface area (Å²) in [5.74, 6) is -2.99. The molecule has 3 aliphatic rings. The van der Waals surface area contributed by atoms with E-state index in [1.54, 1.807) is 0 Å². The maximum absolute atomic E-state index is 14.9. The Bertz CT molecular complexity index is 2600. The van der Waals surface area contributed by atoms with E-state index in [-0.39, 0.29) is 25.7 Å². The number of rotatable bonds is 76. The van der Waals surface area contributed by atoms with E-state index in [9.17, 15) is 74.6 Å². The standard InChI is InChI=1S/C92H167O25P/c1-5-9-13-17-21-25-29-33-36-39-41-45-48-52-56-60-64-75(94)108-69-72(111-77(96)66-62-58-54-50-46-42-37-34-30-26-22-18-14-10-6-2)70-110-118(106,107)117-90-88(115-91-85(104)81(100)79(98)73(68-93)112-91)84(103)83(102)87(114-78(97)67-63-59-55-51-47-43-38-35-31-27-23-19-15-11-7-3)89(90)116-92-86(105)82(101)80(99)74(113-92)71-109-76(95)65-61-57-53-49-44-40-32-28-24-20-16-12-8-4/h26-27,30-31,40,44,72-74,79-93,98-105H,5-25,28-29,32-39,41-43,45-71H2,1-4H3,(H,106,107)/b30-26-,31-27-,44-40-. The summed E-state index contributed by atoms with van der Waals surface area (Å²) in [4.78, 5) is 66.5. The van der Waals surface area contributed by atoms with Gasteiger partial charge in [-0.1, -0.05) is 302 Å². The topological polar surface area (TPSA) is 380 Å². The van der Waals surface area contributed by atoms with E-state index in [0.717, 1.165) is 148 Å². The fraction of sp³-hybridized carbons (Fsp3) is 0.891. The molecule has 0 spiro atoms. The predicted octanol–water partition coefficient (Wildman–Crippen LogP) is 17.5. The van der Waals surface area contributed by atoms with Gasteiger partial charge in [-0.25, -0.2) is 4.57 Å². The third kappa shape index (κ3) is 50.6. The molecule has 25 nitrogen and oxygen atoms in total. The van der Waals surface area contributed by atoms with Crippen LogP contribution in [0.15, 0.2) is 36.5 Å². The Balaban J connectivity index is 1.92. The fourth-order valence-corrected chi connectivity index (χ4v) is 16.3. The van der Waals surface area contributed by atoms with Crippen molar-refractivity contribution in [2.24, 2.45) is 0 Å². The number of aliphatic hydroxyl groups excluding tert-OH is 9. The molecule has 3 rings (SSSR count). The zero-order valence-electron chi connectivity index (χ0n) is 73.5. The van der Waals surface area contributed by atoms with Gasteiger partial charge in [-0.3, -0.25) is 28.2 Å².